The van der Waals surface area contributed by atoms with Crippen molar-refractivity contribution in [2.45, 2.75) is 13.1 Å². The van der Waals surface area contributed by atoms with E-state index >= 15 is 0 Å². The number of amides is 1. The molecule has 0 aliphatic rings. The smallest absolute Gasteiger partial charge is 0.287 e. The lowest BCUT2D eigenvalue weighted by Gasteiger charge is -2.10. The maximum Gasteiger partial charge on any atom is 0.287 e. The number of carbonyl (C=O) groups is 1. The van der Waals surface area contributed by atoms with Crippen molar-refractivity contribution in [2.75, 3.05) is 0 Å². The van der Waals surface area contributed by atoms with Crippen molar-refractivity contribution in [3.63, 3.8) is 0 Å². The van der Waals surface area contributed by atoms with Crippen LogP contribution in [-0.4, -0.2) is 15.5 Å². The summed E-state index contributed by atoms with van der Waals surface area (Å²) in [6.07, 6.45) is 1.46. The quantitative estimate of drug-likeness (QED) is 0.597. The van der Waals surface area contributed by atoms with E-state index in [1.807, 2.05) is 28.8 Å². The first-order valence-corrected chi connectivity index (χ1v) is 8.21. The average molecular weight is 349 g/mol. The standard InChI is InChI=1S/C20H16FN3O2/c21-15-9-7-14(8-10-15)13-24-17-5-2-1-4-16(17)23-19(24)12-22-20(25)18-6-3-11-26-18/h1-11H,12-13H2,(H,22,25). The minimum atomic E-state index is -0.296. The van der Waals surface area contributed by atoms with Gasteiger partial charge in [0.1, 0.15) is 11.6 Å². The Bertz CT molecular complexity index is 1040. The maximum atomic E-state index is 13.2. The Balaban J connectivity index is 1.63. The van der Waals surface area contributed by atoms with Gasteiger partial charge in [0, 0.05) is 6.54 Å². The Hall–Kier alpha value is -3.41. The third-order valence-corrected chi connectivity index (χ3v) is 4.14. The topological polar surface area (TPSA) is 60.1 Å². The number of carbonyl (C=O) groups excluding carboxylic acids is 1. The van der Waals surface area contributed by atoms with Crippen molar-refractivity contribution >= 4 is 16.9 Å². The molecule has 2 heterocycles. The van der Waals surface area contributed by atoms with Crippen molar-refractivity contribution in [3.8, 4) is 0 Å². The molecule has 2 aromatic carbocycles. The Morgan fingerprint density at radius 3 is 2.65 bits per heavy atom. The number of para-hydroxylation sites is 2. The van der Waals surface area contributed by atoms with Gasteiger partial charge in [0.2, 0.25) is 0 Å². The number of hydrogen-bond acceptors (Lipinski definition) is 3. The Morgan fingerprint density at radius 2 is 1.88 bits per heavy atom. The number of nitrogens with zero attached hydrogens (tertiary/aromatic N) is 2. The summed E-state index contributed by atoms with van der Waals surface area (Å²) in [5, 5.41) is 2.82. The maximum absolute atomic E-state index is 13.2. The number of hydrogen-bond donors (Lipinski definition) is 1. The van der Waals surface area contributed by atoms with Gasteiger partial charge in [0.25, 0.3) is 5.91 Å². The Kier molecular flexibility index (Phi) is 4.23. The van der Waals surface area contributed by atoms with Crippen LogP contribution in [0.15, 0.2) is 71.3 Å². The van der Waals surface area contributed by atoms with Crippen LogP contribution in [0, 0.1) is 5.82 Å². The highest BCUT2D eigenvalue weighted by Gasteiger charge is 2.14. The largest absolute Gasteiger partial charge is 0.459 e. The lowest BCUT2D eigenvalue weighted by Crippen LogP contribution is -2.24. The average Bonchev–Trinajstić information content (AvgIpc) is 3.30. The predicted molar refractivity (Wildman–Crippen MR) is 95.1 cm³/mol. The van der Waals surface area contributed by atoms with E-state index in [9.17, 15) is 9.18 Å². The summed E-state index contributed by atoms with van der Waals surface area (Å²) >= 11 is 0. The first-order valence-electron chi connectivity index (χ1n) is 8.21. The lowest BCUT2D eigenvalue weighted by atomic mass is 10.2. The molecule has 130 valence electrons. The third kappa shape index (κ3) is 3.21. The molecule has 5 nitrogen and oxygen atoms in total. The first kappa shape index (κ1) is 16.1. The second kappa shape index (κ2) is 6.84. The molecular weight excluding hydrogens is 333 g/mol. The molecule has 0 bridgehead atoms. The summed E-state index contributed by atoms with van der Waals surface area (Å²) in [5.74, 6) is 0.409. The number of halogens is 1. The minimum absolute atomic E-state index is 0.256. The van der Waals surface area contributed by atoms with Crippen LogP contribution in [0.5, 0.6) is 0 Å². The van der Waals surface area contributed by atoms with Crippen LogP contribution in [0.3, 0.4) is 0 Å². The molecule has 0 fully saturated rings. The predicted octanol–water partition coefficient (Wildman–Crippen LogP) is 3.75. The van der Waals surface area contributed by atoms with Crippen LogP contribution in [0.2, 0.25) is 0 Å². The van der Waals surface area contributed by atoms with Gasteiger partial charge in [0.05, 0.1) is 23.8 Å². The van der Waals surface area contributed by atoms with E-state index in [1.54, 1.807) is 24.3 Å². The van der Waals surface area contributed by atoms with Crippen LogP contribution in [0.4, 0.5) is 4.39 Å². The molecule has 6 heteroatoms. The highest BCUT2D eigenvalue weighted by molar-refractivity contribution is 5.91. The van der Waals surface area contributed by atoms with Gasteiger partial charge < -0.3 is 14.3 Å². The molecule has 4 aromatic rings. The van der Waals surface area contributed by atoms with Gasteiger partial charge >= 0.3 is 0 Å². The first-order chi connectivity index (χ1) is 12.7. The van der Waals surface area contributed by atoms with Crippen molar-refractivity contribution in [1.29, 1.82) is 0 Å². The molecule has 0 radical (unpaired) electrons. The van der Waals surface area contributed by atoms with E-state index in [-0.39, 0.29) is 24.0 Å². The molecule has 4 rings (SSSR count). The van der Waals surface area contributed by atoms with Crippen LogP contribution in [0.1, 0.15) is 21.9 Å². The highest BCUT2D eigenvalue weighted by atomic mass is 19.1. The summed E-state index contributed by atoms with van der Waals surface area (Å²) in [7, 11) is 0. The number of benzene rings is 2. The van der Waals surface area contributed by atoms with Crippen LogP contribution in [-0.2, 0) is 13.1 Å². The second-order valence-corrected chi connectivity index (χ2v) is 5.89. The molecule has 1 amide bonds. The molecule has 0 saturated heterocycles. The molecular formula is C20H16FN3O2. The molecule has 0 aliphatic carbocycles. The molecule has 0 aliphatic heterocycles. The number of fused-ring (bicyclic) bond motifs is 1. The molecule has 26 heavy (non-hydrogen) atoms. The fourth-order valence-electron chi connectivity index (χ4n) is 2.86. The SMILES string of the molecule is O=C(NCc1nc2ccccc2n1Cc1ccc(F)cc1)c1ccco1. The van der Waals surface area contributed by atoms with E-state index in [0.717, 1.165) is 22.4 Å². The number of aromatic nitrogens is 2. The summed E-state index contributed by atoms with van der Waals surface area (Å²) in [5.41, 5.74) is 2.75. The van der Waals surface area contributed by atoms with Crippen LogP contribution >= 0.6 is 0 Å². The molecule has 2 aromatic heterocycles. The Morgan fingerprint density at radius 1 is 1.08 bits per heavy atom. The van der Waals surface area contributed by atoms with E-state index < -0.39 is 0 Å². The van der Waals surface area contributed by atoms with Crippen LogP contribution in [0.25, 0.3) is 11.0 Å². The number of furan rings is 1. The van der Waals surface area contributed by atoms with Gasteiger partial charge in [-0.2, -0.15) is 0 Å². The zero-order chi connectivity index (χ0) is 17.9. The summed E-state index contributed by atoms with van der Waals surface area (Å²) in [6, 6.07) is 17.4. The number of nitrogens with one attached hydrogen (secondary N) is 1. The van der Waals surface area contributed by atoms with E-state index in [1.165, 1.54) is 18.4 Å². The fraction of sp³-hybridized carbons (Fsp3) is 0.100. The number of rotatable bonds is 5. The lowest BCUT2D eigenvalue weighted by molar-refractivity contribution is 0.0922. The van der Waals surface area contributed by atoms with Gasteiger partial charge in [-0.15, -0.1) is 0 Å². The van der Waals surface area contributed by atoms with Crippen molar-refractivity contribution in [3.05, 3.63) is 89.9 Å². The Labute approximate surface area is 149 Å². The van der Waals surface area contributed by atoms with Gasteiger partial charge in [-0.3, -0.25) is 4.79 Å². The van der Waals surface area contributed by atoms with Gasteiger partial charge in [-0.05, 0) is 42.0 Å². The monoisotopic (exact) mass is 349 g/mol. The highest BCUT2D eigenvalue weighted by Crippen LogP contribution is 2.18. The molecule has 0 unspecified atom stereocenters. The zero-order valence-corrected chi connectivity index (χ0v) is 13.9. The normalized spacial score (nSPS) is 11.0. The summed E-state index contributed by atoms with van der Waals surface area (Å²) in [4.78, 5) is 16.7. The summed E-state index contributed by atoms with van der Waals surface area (Å²) in [6.45, 7) is 0.794. The van der Waals surface area contributed by atoms with Gasteiger partial charge in [0.15, 0.2) is 5.76 Å². The zero-order valence-electron chi connectivity index (χ0n) is 13.9. The van der Waals surface area contributed by atoms with E-state index in [2.05, 4.69) is 10.3 Å². The molecule has 0 spiro atoms. The van der Waals surface area contributed by atoms with Gasteiger partial charge in [-0.1, -0.05) is 24.3 Å². The minimum Gasteiger partial charge on any atom is -0.459 e. The molecule has 0 atom stereocenters. The van der Waals surface area contributed by atoms with E-state index in [0.29, 0.717) is 6.54 Å². The second-order valence-electron chi connectivity index (χ2n) is 5.89. The van der Waals surface area contributed by atoms with Crippen molar-refractivity contribution in [1.82, 2.24) is 14.9 Å². The van der Waals surface area contributed by atoms with E-state index in [4.69, 9.17) is 4.42 Å². The third-order valence-electron chi connectivity index (χ3n) is 4.14. The fourth-order valence-corrected chi connectivity index (χ4v) is 2.86. The summed E-state index contributed by atoms with van der Waals surface area (Å²) < 4.78 is 20.3. The van der Waals surface area contributed by atoms with Crippen LogP contribution < -0.4 is 5.32 Å². The van der Waals surface area contributed by atoms with Gasteiger partial charge in [-0.25, -0.2) is 9.37 Å². The van der Waals surface area contributed by atoms with Crippen molar-refractivity contribution in [2.24, 2.45) is 0 Å². The molecule has 0 saturated carbocycles. The van der Waals surface area contributed by atoms with Crippen molar-refractivity contribution < 1.29 is 13.6 Å². The number of imidazole rings is 1. The molecule has 1 N–H and O–H groups in total.